The van der Waals surface area contributed by atoms with Gasteiger partial charge in [0.25, 0.3) is 0 Å². The summed E-state index contributed by atoms with van der Waals surface area (Å²) in [5.41, 5.74) is 0. The third-order valence-corrected chi connectivity index (χ3v) is 3.13. The molecule has 5 heteroatoms. The summed E-state index contributed by atoms with van der Waals surface area (Å²) < 4.78 is 10.6. The van der Waals surface area contributed by atoms with Gasteiger partial charge in [-0.15, -0.1) is 0 Å². The van der Waals surface area contributed by atoms with Crippen molar-refractivity contribution in [1.29, 1.82) is 0 Å². The first-order chi connectivity index (χ1) is 8.33. The molecule has 1 saturated heterocycles. The van der Waals surface area contributed by atoms with E-state index in [2.05, 4.69) is 10.6 Å². The topological polar surface area (TPSA) is 42.5 Å². The molecule has 0 aliphatic carbocycles. The molecule has 0 aromatic heterocycles. The van der Waals surface area contributed by atoms with Crippen LogP contribution in [0.25, 0.3) is 0 Å². The van der Waals surface area contributed by atoms with Crippen molar-refractivity contribution in [3.63, 3.8) is 0 Å². The third kappa shape index (κ3) is 7.52. The van der Waals surface area contributed by atoms with E-state index in [0.717, 1.165) is 44.3 Å². The number of nitrogens with one attached hydrogen (secondary N) is 2. The molecule has 0 bridgehead atoms. The van der Waals surface area contributed by atoms with E-state index in [1.165, 1.54) is 19.3 Å². The molecule has 2 N–H and O–H groups in total. The van der Waals surface area contributed by atoms with Gasteiger partial charge in [0.15, 0.2) is 5.11 Å². The van der Waals surface area contributed by atoms with Gasteiger partial charge in [0.2, 0.25) is 0 Å². The summed E-state index contributed by atoms with van der Waals surface area (Å²) in [6.07, 6.45) is 6.14. The molecular formula is C12H24N2O2S. The first kappa shape index (κ1) is 14.7. The van der Waals surface area contributed by atoms with Gasteiger partial charge in [0, 0.05) is 33.4 Å². The Kier molecular flexibility index (Phi) is 8.30. The summed E-state index contributed by atoms with van der Waals surface area (Å²) in [7, 11) is 1.71. The molecule has 4 nitrogen and oxygen atoms in total. The van der Waals surface area contributed by atoms with Crippen LogP contribution in [0.1, 0.15) is 32.1 Å². The van der Waals surface area contributed by atoms with E-state index in [1.807, 2.05) is 0 Å². The van der Waals surface area contributed by atoms with Crippen LogP contribution in [0.5, 0.6) is 0 Å². The number of methoxy groups -OCH3 is 1. The molecule has 1 unspecified atom stereocenters. The quantitative estimate of drug-likeness (QED) is 0.536. The van der Waals surface area contributed by atoms with Crippen molar-refractivity contribution in [1.82, 2.24) is 10.6 Å². The highest BCUT2D eigenvalue weighted by atomic mass is 32.1. The first-order valence-electron chi connectivity index (χ1n) is 6.45. The van der Waals surface area contributed by atoms with E-state index < -0.39 is 0 Å². The Bertz CT molecular complexity index is 209. The highest BCUT2D eigenvalue weighted by Crippen LogP contribution is 2.14. The second kappa shape index (κ2) is 9.62. The van der Waals surface area contributed by atoms with Gasteiger partial charge in [0.05, 0.1) is 6.10 Å². The lowest BCUT2D eigenvalue weighted by Crippen LogP contribution is -2.37. The average molecular weight is 260 g/mol. The minimum Gasteiger partial charge on any atom is -0.385 e. The fraction of sp³-hybridized carbons (Fsp3) is 0.917. The molecule has 1 rings (SSSR count). The number of hydrogen-bond donors (Lipinski definition) is 2. The number of ether oxygens (including phenoxy) is 2. The Morgan fingerprint density at radius 1 is 1.35 bits per heavy atom. The summed E-state index contributed by atoms with van der Waals surface area (Å²) >= 11 is 5.17. The van der Waals surface area contributed by atoms with Gasteiger partial charge in [0.1, 0.15) is 0 Å². The highest BCUT2D eigenvalue weighted by Gasteiger charge is 2.12. The highest BCUT2D eigenvalue weighted by molar-refractivity contribution is 7.80. The molecule has 1 aliphatic heterocycles. The average Bonchev–Trinajstić information content (AvgIpc) is 2.36. The van der Waals surface area contributed by atoms with E-state index in [4.69, 9.17) is 21.7 Å². The van der Waals surface area contributed by atoms with Crippen LogP contribution in [0.15, 0.2) is 0 Å². The fourth-order valence-electron chi connectivity index (χ4n) is 1.86. The van der Waals surface area contributed by atoms with Crippen LogP contribution in [-0.4, -0.2) is 44.6 Å². The smallest absolute Gasteiger partial charge is 0.166 e. The van der Waals surface area contributed by atoms with Crippen molar-refractivity contribution in [3.05, 3.63) is 0 Å². The van der Waals surface area contributed by atoms with E-state index >= 15 is 0 Å². The summed E-state index contributed by atoms with van der Waals surface area (Å²) in [6, 6.07) is 0. The Morgan fingerprint density at radius 2 is 2.18 bits per heavy atom. The summed E-state index contributed by atoms with van der Waals surface area (Å²) in [5, 5.41) is 7.09. The van der Waals surface area contributed by atoms with E-state index in [0.29, 0.717) is 6.10 Å². The van der Waals surface area contributed by atoms with Gasteiger partial charge in [-0.25, -0.2) is 0 Å². The van der Waals surface area contributed by atoms with Crippen LogP contribution >= 0.6 is 12.2 Å². The van der Waals surface area contributed by atoms with Crippen molar-refractivity contribution < 1.29 is 9.47 Å². The lowest BCUT2D eigenvalue weighted by Gasteiger charge is -2.22. The van der Waals surface area contributed by atoms with Gasteiger partial charge in [-0.05, 0) is 44.3 Å². The predicted octanol–water partition coefficient (Wildman–Crippen LogP) is 1.45. The molecule has 1 fully saturated rings. The summed E-state index contributed by atoms with van der Waals surface area (Å²) in [4.78, 5) is 0. The maximum atomic E-state index is 5.65. The Morgan fingerprint density at radius 3 is 2.88 bits per heavy atom. The lowest BCUT2D eigenvalue weighted by atomic mass is 10.1. The molecule has 1 atom stereocenters. The molecule has 0 aromatic carbocycles. The number of thiocarbonyl (C=S) groups is 1. The minimum atomic E-state index is 0.424. The summed E-state index contributed by atoms with van der Waals surface area (Å²) in [5.74, 6) is 0. The van der Waals surface area contributed by atoms with Crippen LogP contribution in [0, 0.1) is 0 Å². The Labute approximate surface area is 109 Å². The maximum Gasteiger partial charge on any atom is 0.166 e. The predicted molar refractivity (Wildman–Crippen MR) is 73.3 cm³/mol. The minimum absolute atomic E-state index is 0.424. The standard InChI is InChI=1S/C12H24N2O2S/c1-15-9-4-7-13-12(17)14-8-6-11-5-2-3-10-16-11/h11H,2-10H2,1H3,(H2,13,14,17). The van der Waals surface area contributed by atoms with Crippen LogP contribution in [0.4, 0.5) is 0 Å². The number of hydrogen-bond acceptors (Lipinski definition) is 3. The zero-order chi connectivity index (χ0) is 12.3. The Balaban J connectivity index is 1.92. The molecular weight excluding hydrogens is 236 g/mol. The molecule has 1 heterocycles. The maximum absolute atomic E-state index is 5.65. The van der Waals surface area contributed by atoms with Crippen LogP contribution < -0.4 is 10.6 Å². The van der Waals surface area contributed by atoms with E-state index in [1.54, 1.807) is 7.11 Å². The van der Waals surface area contributed by atoms with E-state index in [9.17, 15) is 0 Å². The summed E-state index contributed by atoms with van der Waals surface area (Å²) in [6.45, 7) is 3.44. The molecule has 0 saturated carbocycles. The van der Waals surface area contributed by atoms with Gasteiger partial charge in [-0.1, -0.05) is 0 Å². The second-order valence-electron chi connectivity index (χ2n) is 4.31. The first-order valence-corrected chi connectivity index (χ1v) is 6.86. The van der Waals surface area contributed by atoms with Gasteiger partial charge >= 0.3 is 0 Å². The molecule has 0 spiro atoms. The number of rotatable bonds is 7. The van der Waals surface area contributed by atoms with Crippen molar-refractivity contribution in [2.75, 3.05) is 33.4 Å². The Hall–Kier alpha value is -0.390. The van der Waals surface area contributed by atoms with Crippen molar-refractivity contribution in [2.45, 2.75) is 38.2 Å². The van der Waals surface area contributed by atoms with Crippen molar-refractivity contribution >= 4 is 17.3 Å². The van der Waals surface area contributed by atoms with Crippen molar-refractivity contribution in [3.8, 4) is 0 Å². The van der Waals surface area contributed by atoms with Crippen LogP contribution in [0.2, 0.25) is 0 Å². The molecule has 0 amide bonds. The van der Waals surface area contributed by atoms with Gasteiger partial charge < -0.3 is 20.1 Å². The lowest BCUT2D eigenvalue weighted by molar-refractivity contribution is 0.0122. The molecule has 100 valence electrons. The zero-order valence-electron chi connectivity index (χ0n) is 10.7. The second-order valence-corrected chi connectivity index (χ2v) is 4.71. The fourth-order valence-corrected chi connectivity index (χ4v) is 2.07. The van der Waals surface area contributed by atoms with Gasteiger partial charge in [-0.3, -0.25) is 0 Å². The van der Waals surface area contributed by atoms with Crippen LogP contribution in [-0.2, 0) is 9.47 Å². The normalized spacial score (nSPS) is 19.9. The molecule has 1 aliphatic rings. The largest absolute Gasteiger partial charge is 0.385 e. The third-order valence-electron chi connectivity index (χ3n) is 2.84. The van der Waals surface area contributed by atoms with Crippen molar-refractivity contribution in [2.24, 2.45) is 0 Å². The monoisotopic (exact) mass is 260 g/mol. The SMILES string of the molecule is COCCCNC(=S)NCCC1CCCCO1. The molecule has 17 heavy (non-hydrogen) atoms. The van der Waals surface area contributed by atoms with E-state index in [-0.39, 0.29) is 0 Å². The molecule has 0 aromatic rings. The zero-order valence-corrected chi connectivity index (χ0v) is 11.5. The van der Waals surface area contributed by atoms with Gasteiger partial charge in [-0.2, -0.15) is 0 Å². The van der Waals surface area contributed by atoms with Crippen LogP contribution in [0.3, 0.4) is 0 Å². The molecule has 0 radical (unpaired) electrons.